The molecule has 10 heteroatoms. The average Bonchev–Trinajstić information content (AvgIpc) is 3.34. The minimum absolute atomic E-state index is 0.180. The van der Waals surface area contributed by atoms with E-state index in [4.69, 9.17) is 43.2 Å². The lowest BCUT2D eigenvalue weighted by Gasteiger charge is -2.26. The molecule has 2 saturated heterocycles. The smallest absolute Gasteiger partial charge is 0.107 e. The number of rotatable bonds is 4. The third-order valence-electron chi connectivity index (χ3n) is 6.53. The molecule has 0 aromatic heterocycles. The van der Waals surface area contributed by atoms with Crippen molar-refractivity contribution in [2.45, 2.75) is 51.0 Å². The first kappa shape index (κ1) is 28.0. The van der Waals surface area contributed by atoms with Gasteiger partial charge in [-0.3, -0.25) is 0 Å². The molecule has 0 unspecified atom stereocenters. The number of nitrogens with one attached hydrogen (secondary N) is 2. The van der Waals surface area contributed by atoms with Crippen LogP contribution in [-0.4, -0.2) is 59.9 Å². The van der Waals surface area contributed by atoms with Gasteiger partial charge in [-0.2, -0.15) is 10.5 Å². The molecule has 4 rings (SSSR count). The van der Waals surface area contributed by atoms with E-state index in [1.807, 2.05) is 26.0 Å². The topological polar surface area (TPSA) is 131 Å². The van der Waals surface area contributed by atoms with Crippen molar-refractivity contribution in [3.05, 3.63) is 56.6 Å². The molecule has 2 heterocycles. The highest BCUT2D eigenvalue weighted by Gasteiger charge is 2.39. The highest BCUT2D eigenvalue weighted by molar-refractivity contribution is 6.33. The number of nitrogens with zero attached hydrogens (tertiary/aromatic N) is 2. The first-order valence-corrected chi connectivity index (χ1v) is 12.2. The van der Waals surface area contributed by atoms with E-state index in [2.05, 4.69) is 10.6 Å². The van der Waals surface area contributed by atoms with Gasteiger partial charge in [-0.15, -0.1) is 0 Å². The van der Waals surface area contributed by atoms with Crippen molar-refractivity contribution >= 4 is 34.6 Å². The summed E-state index contributed by atoms with van der Waals surface area (Å²) in [5.74, 6) is 0. The van der Waals surface area contributed by atoms with Crippen molar-refractivity contribution in [1.29, 1.82) is 10.5 Å². The Bertz CT molecular complexity index is 1110. The van der Waals surface area contributed by atoms with Gasteiger partial charge < -0.3 is 30.3 Å². The predicted octanol–water partition coefficient (Wildman–Crippen LogP) is 4.16. The average molecular weight is 533 g/mol. The molecule has 4 N–H and O–H groups in total. The largest absolute Gasteiger partial charge is 0.386 e. The van der Waals surface area contributed by atoms with E-state index in [-0.39, 0.29) is 12.1 Å². The summed E-state index contributed by atoms with van der Waals surface area (Å²) >= 11 is 12.2. The minimum atomic E-state index is -0.896. The number of nitriles is 2. The fraction of sp³-hybridized carbons (Fsp3) is 0.462. The van der Waals surface area contributed by atoms with E-state index in [0.29, 0.717) is 47.6 Å². The van der Waals surface area contributed by atoms with Crippen molar-refractivity contribution in [2.24, 2.45) is 0 Å². The van der Waals surface area contributed by atoms with E-state index in [1.54, 1.807) is 38.1 Å². The van der Waals surface area contributed by atoms with E-state index >= 15 is 0 Å². The molecule has 0 radical (unpaired) electrons. The standard InChI is InChI=1S/2C13H15ClN2O2/c2*1-8-10(4-3-9(5-15)12(8)14)16-11-6-18-7-13(11,2)17/h2*3-4,11,16-17H,6-7H2,1-2H3/t11-,13+;11-,13-/m11/s1. The molecule has 0 aliphatic carbocycles. The molecular weight excluding hydrogens is 503 g/mol. The Morgan fingerprint density at radius 3 is 1.44 bits per heavy atom. The molecule has 2 fully saturated rings. The molecule has 4 atom stereocenters. The van der Waals surface area contributed by atoms with Crippen LogP contribution in [0, 0.1) is 36.5 Å². The lowest BCUT2D eigenvalue weighted by Crippen LogP contribution is -2.43. The molecule has 2 aliphatic rings. The van der Waals surface area contributed by atoms with Crippen molar-refractivity contribution in [3.8, 4) is 12.1 Å². The van der Waals surface area contributed by atoms with Gasteiger partial charge in [0.25, 0.3) is 0 Å². The van der Waals surface area contributed by atoms with Crippen LogP contribution in [0.3, 0.4) is 0 Å². The number of hydrogen-bond acceptors (Lipinski definition) is 8. The normalized spacial score (nSPS) is 26.9. The number of halogens is 2. The van der Waals surface area contributed by atoms with Crippen LogP contribution in [0.4, 0.5) is 11.4 Å². The highest BCUT2D eigenvalue weighted by Crippen LogP contribution is 2.31. The Morgan fingerprint density at radius 2 is 1.17 bits per heavy atom. The number of hydrogen-bond donors (Lipinski definition) is 4. The van der Waals surface area contributed by atoms with Gasteiger partial charge >= 0.3 is 0 Å². The molecule has 2 aliphatic heterocycles. The van der Waals surface area contributed by atoms with Crippen LogP contribution in [-0.2, 0) is 9.47 Å². The van der Waals surface area contributed by atoms with Gasteiger partial charge in [0, 0.05) is 11.4 Å². The second-order valence-corrected chi connectivity index (χ2v) is 10.3. The van der Waals surface area contributed by atoms with Crippen molar-refractivity contribution < 1.29 is 19.7 Å². The Morgan fingerprint density at radius 1 is 0.806 bits per heavy atom. The van der Waals surface area contributed by atoms with Crippen LogP contribution in [0.15, 0.2) is 24.3 Å². The zero-order valence-corrected chi connectivity index (χ0v) is 22.2. The zero-order valence-electron chi connectivity index (χ0n) is 20.7. The Kier molecular flexibility index (Phi) is 8.74. The Balaban J connectivity index is 0.000000201. The second kappa shape index (κ2) is 11.2. The van der Waals surface area contributed by atoms with Crippen LogP contribution < -0.4 is 10.6 Å². The molecule has 2 aromatic rings. The van der Waals surface area contributed by atoms with Gasteiger partial charge in [0.15, 0.2) is 0 Å². The Labute approximate surface area is 221 Å². The fourth-order valence-electron chi connectivity index (χ4n) is 3.95. The van der Waals surface area contributed by atoms with Crippen LogP contribution in [0.5, 0.6) is 0 Å². The third-order valence-corrected chi connectivity index (χ3v) is 7.51. The monoisotopic (exact) mass is 532 g/mol. The summed E-state index contributed by atoms with van der Waals surface area (Å²) in [7, 11) is 0. The predicted molar refractivity (Wildman–Crippen MR) is 140 cm³/mol. The van der Waals surface area contributed by atoms with Crippen LogP contribution in [0.2, 0.25) is 10.0 Å². The second-order valence-electron chi connectivity index (χ2n) is 9.56. The SMILES string of the molecule is Cc1c(N[C@@H]2COC[C@@]2(C)O)ccc(C#N)c1Cl.Cc1c(N[C@@H]2COC[C@]2(C)O)ccc(C#N)c1Cl. The van der Waals surface area contributed by atoms with E-state index in [9.17, 15) is 10.2 Å². The molecule has 0 saturated carbocycles. The van der Waals surface area contributed by atoms with Gasteiger partial charge in [-0.05, 0) is 63.1 Å². The third kappa shape index (κ3) is 6.04. The van der Waals surface area contributed by atoms with Gasteiger partial charge in [-0.25, -0.2) is 0 Å². The molecule has 192 valence electrons. The highest BCUT2D eigenvalue weighted by atomic mass is 35.5. The maximum atomic E-state index is 10.1. The zero-order chi connectivity index (χ0) is 26.7. The molecule has 2 aromatic carbocycles. The molecule has 36 heavy (non-hydrogen) atoms. The Hall–Kier alpha value is -2.56. The van der Waals surface area contributed by atoms with Gasteiger partial charge in [-0.1, -0.05) is 23.2 Å². The quantitative estimate of drug-likeness (QED) is 0.461. The summed E-state index contributed by atoms with van der Waals surface area (Å²) in [6, 6.07) is 10.7. The van der Waals surface area contributed by atoms with Crippen molar-refractivity contribution in [1.82, 2.24) is 0 Å². The first-order chi connectivity index (χ1) is 16.9. The molecule has 0 amide bonds. The molecule has 8 nitrogen and oxygen atoms in total. The molecular formula is C26H30Cl2N4O4. The van der Waals surface area contributed by atoms with Crippen LogP contribution in [0.1, 0.15) is 36.1 Å². The van der Waals surface area contributed by atoms with Gasteiger partial charge in [0.05, 0.1) is 59.7 Å². The summed E-state index contributed by atoms with van der Waals surface area (Å²) in [6.45, 7) is 8.68. The number of aliphatic hydroxyl groups is 2. The summed E-state index contributed by atoms with van der Waals surface area (Å²) in [6.07, 6.45) is 0. The summed E-state index contributed by atoms with van der Waals surface area (Å²) in [5.41, 5.74) is 2.35. The van der Waals surface area contributed by atoms with E-state index in [1.165, 1.54) is 0 Å². The minimum Gasteiger partial charge on any atom is -0.386 e. The number of benzene rings is 2. The van der Waals surface area contributed by atoms with E-state index < -0.39 is 11.2 Å². The maximum absolute atomic E-state index is 10.1. The van der Waals surface area contributed by atoms with Crippen LogP contribution in [0.25, 0.3) is 0 Å². The van der Waals surface area contributed by atoms with Crippen molar-refractivity contribution in [2.75, 3.05) is 37.1 Å². The van der Waals surface area contributed by atoms with E-state index in [0.717, 1.165) is 22.5 Å². The maximum Gasteiger partial charge on any atom is 0.107 e. The number of ether oxygens (including phenoxy) is 2. The summed E-state index contributed by atoms with van der Waals surface area (Å²) < 4.78 is 10.5. The summed E-state index contributed by atoms with van der Waals surface area (Å²) in [5, 5.41) is 45.3. The summed E-state index contributed by atoms with van der Waals surface area (Å²) in [4.78, 5) is 0. The lowest BCUT2D eigenvalue weighted by molar-refractivity contribution is 0.0387. The first-order valence-electron chi connectivity index (χ1n) is 11.4. The van der Waals surface area contributed by atoms with Crippen LogP contribution >= 0.6 is 23.2 Å². The van der Waals surface area contributed by atoms with Gasteiger partial charge in [0.1, 0.15) is 23.3 Å². The lowest BCUT2D eigenvalue weighted by atomic mass is 9.99. The molecule has 0 spiro atoms. The number of anilines is 2. The molecule has 0 bridgehead atoms. The van der Waals surface area contributed by atoms with Gasteiger partial charge in [0.2, 0.25) is 0 Å². The van der Waals surface area contributed by atoms with Crippen molar-refractivity contribution in [3.63, 3.8) is 0 Å². The fourth-order valence-corrected chi connectivity index (χ4v) is 4.37.